The predicted molar refractivity (Wildman–Crippen MR) is 152 cm³/mol. The van der Waals surface area contributed by atoms with Crippen molar-refractivity contribution in [3.63, 3.8) is 0 Å². The minimum Gasteiger partial charge on any atom is -0.488 e. The van der Waals surface area contributed by atoms with Gasteiger partial charge in [-0.25, -0.2) is 0 Å². The number of ether oxygens (including phenoxy) is 1. The Kier molecular flexibility index (Phi) is 7.24. The van der Waals surface area contributed by atoms with Crippen LogP contribution in [0.3, 0.4) is 0 Å². The molecule has 4 aromatic carbocycles. The van der Waals surface area contributed by atoms with Gasteiger partial charge in [0.25, 0.3) is 17.5 Å². The Morgan fingerprint density at radius 3 is 1.79 bits per heavy atom. The van der Waals surface area contributed by atoms with Gasteiger partial charge < -0.3 is 4.74 Å². The number of nitro benzene ring substituents is 1. The molecular weight excluding hydrogens is 514 g/mol. The standard InChI is InChI=1S/C30H21N3O5S/c34-28-26(19-22-9-7-8-14-27(22)38-20-21-15-17-25(18-16-21)33(36)37)29(35)32(24-12-5-2-6-13-24)30(39)31(28)23-10-3-1-4-11-23/h1-19H,20H2. The fourth-order valence-corrected chi connectivity index (χ4v) is 4.48. The van der Waals surface area contributed by atoms with E-state index >= 15 is 0 Å². The van der Waals surface area contributed by atoms with Crippen LogP contribution >= 0.6 is 12.2 Å². The number of carbonyl (C=O) groups is 2. The number of hydrogen-bond donors (Lipinski definition) is 0. The number of amides is 2. The Bertz CT molecular complexity index is 1520. The lowest BCUT2D eigenvalue weighted by molar-refractivity contribution is -0.384. The number of nitro groups is 1. The van der Waals surface area contributed by atoms with E-state index in [1.54, 1.807) is 84.9 Å². The summed E-state index contributed by atoms with van der Waals surface area (Å²) in [5.41, 5.74) is 2.22. The zero-order valence-corrected chi connectivity index (χ0v) is 21.3. The van der Waals surface area contributed by atoms with Crippen molar-refractivity contribution < 1.29 is 19.2 Å². The molecule has 0 spiro atoms. The van der Waals surface area contributed by atoms with E-state index in [1.165, 1.54) is 28.0 Å². The van der Waals surface area contributed by atoms with E-state index in [9.17, 15) is 19.7 Å². The van der Waals surface area contributed by atoms with E-state index in [1.807, 2.05) is 12.1 Å². The molecule has 1 saturated heterocycles. The van der Waals surface area contributed by atoms with E-state index in [0.29, 0.717) is 22.7 Å². The van der Waals surface area contributed by atoms with E-state index in [0.717, 1.165) is 5.56 Å². The molecule has 0 saturated carbocycles. The van der Waals surface area contributed by atoms with Crippen molar-refractivity contribution in [3.8, 4) is 5.75 Å². The molecular formula is C30H21N3O5S. The van der Waals surface area contributed by atoms with E-state index < -0.39 is 16.7 Å². The summed E-state index contributed by atoms with van der Waals surface area (Å²) in [4.78, 5) is 40.6. The van der Waals surface area contributed by atoms with Crippen LogP contribution in [0, 0.1) is 10.1 Å². The molecule has 0 aromatic heterocycles. The summed E-state index contributed by atoms with van der Waals surface area (Å²) >= 11 is 5.65. The lowest BCUT2D eigenvalue weighted by Gasteiger charge is -2.36. The summed E-state index contributed by atoms with van der Waals surface area (Å²) in [7, 11) is 0. The molecule has 0 radical (unpaired) electrons. The van der Waals surface area contributed by atoms with Crippen molar-refractivity contribution in [2.45, 2.75) is 6.61 Å². The van der Waals surface area contributed by atoms with Crippen LogP contribution in [-0.2, 0) is 16.2 Å². The number of carbonyl (C=O) groups excluding carboxylic acids is 2. The fourth-order valence-electron chi connectivity index (χ4n) is 4.10. The van der Waals surface area contributed by atoms with Gasteiger partial charge in [0.15, 0.2) is 5.11 Å². The van der Waals surface area contributed by atoms with Crippen molar-refractivity contribution in [3.05, 3.63) is 136 Å². The molecule has 0 aliphatic carbocycles. The second kappa shape index (κ2) is 11.1. The van der Waals surface area contributed by atoms with Crippen LogP contribution in [0.4, 0.5) is 17.1 Å². The first-order chi connectivity index (χ1) is 18.9. The normalized spacial score (nSPS) is 13.4. The lowest BCUT2D eigenvalue weighted by Crippen LogP contribution is -2.56. The van der Waals surface area contributed by atoms with Crippen molar-refractivity contribution in [2.24, 2.45) is 0 Å². The van der Waals surface area contributed by atoms with Crippen LogP contribution < -0.4 is 14.5 Å². The van der Waals surface area contributed by atoms with Crippen LogP contribution in [0.25, 0.3) is 6.08 Å². The third kappa shape index (κ3) is 5.29. The molecule has 1 aliphatic rings. The van der Waals surface area contributed by atoms with Crippen LogP contribution in [0.1, 0.15) is 11.1 Å². The largest absolute Gasteiger partial charge is 0.488 e. The Morgan fingerprint density at radius 2 is 1.26 bits per heavy atom. The molecule has 0 unspecified atom stereocenters. The maximum absolute atomic E-state index is 13.7. The second-order valence-electron chi connectivity index (χ2n) is 8.54. The summed E-state index contributed by atoms with van der Waals surface area (Å²) < 4.78 is 5.99. The number of anilines is 2. The first kappa shape index (κ1) is 25.5. The van der Waals surface area contributed by atoms with Crippen molar-refractivity contribution in [2.75, 3.05) is 9.80 Å². The zero-order valence-electron chi connectivity index (χ0n) is 20.5. The highest BCUT2D eigenvalue weighted by Gasteiger charge is 2.41. The summed E-state index contributed by atoms with van der Waals surface area (Å²) in [5, 5.41) is 11.0. The van der Waals surface area contributed by atoms with E-state index in [4.69, 9.17) is 17.0 Å². The summed E-state index contributed by atoms with van der Waals surface area (Å²) in [6, 6.07) is 30.9. The molecule has 1 aliphatic heterocycles. The van der Waals surface area contributed by atoms with Gasteiger partial charge in [-0.1, -0.05) is 54.6 Å². The number of thiocarbonyl (C=S) groups is 1. The number of hydrogen-bond acceptors (Lipinski definition) is 6. The van der Waals surface area contributed by atoms with Gasteiger partial charge in [0, 0.05) is 17.7 Å². The Balaban J connectivity index is 1.51. The lowest BCUT2D eigenvalue weighted by atomic mass is 10.0. The van der Waals surface area contributed by atoms with Crippen molar-refractivity contribution in [1.82, 2.24) is 0 Å². The third-order valence-corrected chi connectivity index (χ3v) is 6.40. The third-order valence-electron chi connectivity index (χ3n) is 6.04. The van der Waals surface area contributed by atoms with Gasteiger partial charge in [-0.3, -0.25) is 29.5 Å². The molecule has 0 atom stereocenters. The number of benzene rings is 4. The van der Waals surface area contributed by atoms with Gasteiger partial charge in [-0.2, -0.15) is 0 Å². The Morgan fingerprint density at radius 1 is 0.744 bits per heavy atom. The monoisotopic (exact) mass is 535 g/mol. The quantitative estimate of drug-likeness (QED) is 0.0959. The van der Waals surface area contributed by atoms with E-state index in [-0.39, 0.29) is 23.0 Å². The fraction of sp³-hybridized carbons (Fsp3) is 0.0333. The molecule has 2 amide bonds. The first-order valence-corrected chi connectivity index (χ1v) is 12.3. The molecule has 5 rings (SSSR count). The smallest absolute Gasteiger partial charge is 0.270 e. The highest BCUT2D eigenvalue weighted by Crippen LogP contribution is 2.31. The molecule has 192 valence electrons. The molecule has 4 aromatic rings. The van der Waals surface area contributed by atoms with Crippen molar-refractivity contribution in [1.29, 1.82) is 0 Å². The van der Waals surface area contributed by atoms with E-state index in [2.05, 4.69) is 0 Å². The minimum absolute atomic E-state index is 0.0120. The molecule has 1 heterocycles. The Hall–Kier alpha value is -5.15. The van der Waals surface area contributed by atoms with Gasteiger partial charge in [0.2, 0.25) is 0 Å². The summed E-state index contributed by atoms with van der Waals surface area (Å²) in [5.74, 6) is -0.656. The highest BCUT2D eigenvalue weighted by molar-refractivity contribution is 7.81. The average molecular weight is 536 g/mol. The molecule has 8 nitrogen and oxygen atoms in total. The van der Waals surface area contributed by atoms with Gasteiger partial charge in [0.1, 0.15) is 17.9 Å². The maximum atomic E-state index is 13.7. The Labute approximate surface area is 229 Å². The first-order valence-electron chi connectivity index (χ1n) is 11.9. The highest BCUT2D eigenvalue weighted by atomic mass is 32.1. The molecule has 0 N–H and O–H groups in total. The average Bonchev–Trinajstić information content (AvgIpc) is 2.96. The van der Waals surface area contributed by atoms with Gasteiger partial charge in [-0.05, 0) is 66.3 Å². The number of nitrogens with zero attached hydrogens (tertiary/aromatic N) is 3. The number of rotatable bonds is 7. The van der Waals surface area contributed by atoms with Crippen molar-refractivity contribution >= 4 is 52.3 Å². The number of para-hydroxylation sites is 3. The van der Waals surface area contributed by atoms with Crippen LogP contribution in [-0.4, -0.2) is 21.9 Å². The van der Waals surface area contributed by atoms with Gasteiger partial charge in [0.05, 0.1) is 16.3 Å². The predicted octanol–water partition coefficient (Wildman–Crippen LogP) is 5.92. The minimum atomic E-state index is -0.548. The molecule has 0 bridgehead atoms. The maximum Gasteiger partial charge on any atom is 0.270 e. The summed E-state index contributed by atoms with van der Waals surface area (Å²) in [6.45, 7) is 0.135. The van der Waals surface area contributed by atoms with Crippen LogP contribution in [0.5, 0.6) is 5.75 Å². The second-order valence-corrected chi connectivity index (χ2v) is 8.91. The molecule has 1 fully saturated rings. The van der Waals surface area contributed by atoms with Crippen LogP contribution in [0.2, 0.25) is 0 Å². The van der Waals surface area contributed by atoms with Gasteiger partial charge >= 0.3 is 0 Å². The zero-order chi connectivity index (χ0) is 27.4. The summed E-state index contributed by atoms with van der Waals surface area (Å²) in [6.07, 6.45) is 1.50. The SMILES string of the molecule is O=C1C(=Cc2ccccc2OCc2ccc([N+](=O)[O-])cc2)C(=O)N(c2ccccc2)C(=S)N1c1ccccc1. The van der Waals surface area contributed by atoms with Gasteiger partial charge in [-0.15, -0.1) is 0 Å². The number of non-ortho nitro benzene ring substituents is 1. The van der Waals surface area contributed by atoms with Crippen LogP contribution in [0.15, 0.2) is 115 Å². The topological polar surface area (TPSA) is 93.0 Å². The molecule has 9 heteroatoms. The molecule has 39 heavy (non-hydrogen) atoms.